The Morgan fingerprint density at radius 1 is 1.64 bits per heavy atom. The Bertz CT molecular complexity index is 352. The van der Waals surface area contributed by atoms with Crippen LogP contribution in [0.1, 0.15) is 25.2 Å². The van der Waals surface area contributed by atoms with E-state index >= 15 is 0 Å². The van der Waals surface area contributed by atoms with Crippen LogP contribution >= 0.6 is 15.9 Å². The zero-order valence-corrected chi connectivity index (χ0v) is 10.4. The van der Waals surface area contributed by atoms with Crippen LogP contribution in [0.5, 0.6) is 0 Å². The van der Waals surface area contributed by atoms with Crippen LogP contribution < -0.4 is 5.73 Å². The van der Waals surface area contributed by atoms with Gasteiger partial charge in [-0.1, -0.05) is 12.5 Å². The zero-order chi connectivity index (χ0) is 10.7. The van der Waals surface area contributed by atoms with Crippen molar-refractivity contribution in [2.24, 2.45) is 12.8 Å². The predicted octanol–water partition coefficient (Wildman–Crippen LogP) is 2.11. The van der Waals surface area contributed by atoms with Crippen molar-refractivity contribution < 1.29 is 0 Å². The molecule has 3 nitrogen and oxygen atoms in total. The highest BCUT2D eigenvalue weighted by molar-refractivity contribution is 9.10. The van der Waals surface area contributed by atoms with Gasteiger partial charge in [0.25, 0.3) is 0 Å². The van der Waals surface area contributed by atoms with Gasteiger partial charge in [0.15, 0.2) is 0 Å². The minimum absolute atomic E-state index is 0.582. The van der Waals surface area contributed by atoms with Gasteiger partial charge in [-0.15, -0.1) is 0 Å². The fourth-order valence-corrected chi connectivity index (χ4v) is 1.97. The fraction of sp³-hybridized carbons (Fsp3) is 0.500. The number of aryl methyl sites for hydroxylation is 2. The van der Waals surface area contributed by atoms with E-state index in [0.29, 0.717) is 6.54 Å². The smallest absolute Gasteiger partial charge is 0.0770 e. The number of hydrogen-bond donors (Lipinski definition) is 1. The summed E-state index contributed by atoms with van der Waals surface area (Å²) in [4.78, 5) is 0. The summed E-state index contributed by atoms with van der Waals surface area (Å²) in [5.74, 6) is 0. The van der Waals surface area contributed by atoms with E-state index in [1.807, 2.05) is 18.7 Å². The molecule has 0 spiro atoms. The zero-order valence-electron chi connectivity index (χ0n) is 8.84. The standard InChI is InChI=1S/C10H16BrN3/c1-4-8-10(11)9(14(3)13-8)5-7(2)6-12/h5H,4,6,12H2,1-3H3/b7-5-. The van der Waals surface area contributed by atoms with Gasteiger partial charge in [0.05, 0.1) is 15.9 Å². The average molecular weight is 258 g/mol. The fourth-order valence-electron chi connectivity index (χ4n) is 1.24. The summed E-state index contributed by atoms with van der Waals surface area (Å²) in [7, 11) is 1.94. The molecule has 1 rings (SSSR count). The number of nitrogens with two attached hydrogens (primary N) is 1. The van der Waals surface area contributed by atoms with Crippen LogP contribution in [0.3, 0.4) is 0 Å². The largest absolute Gasteiger partial charge is 0.327 e. The van der Waals surface area contributed by atoms with E-state index in [4.69, 9.17) is 5.73 Å². The maximum Gasteiger partial charge on any atom is 0.0770 e. The summed E-state index contributed by atoms with van der Waals surface area (Å²) in [6, 6.07) is 0. The highest BCUT2D eigenvalue weighted by Crippen LogP contribution is 2.23. The van der Waals surface area contributed by atoms with Gasteiger partial charge >= 0.3 is 0 Å². The molecule has 14 heavy (non-hydrogen) atoms. The number of aromatic nitrogens is 2. The number of nitrogens with zero attached hydrogens (tertiary/aromatic N) is 2. The summed E-state index contributed by atoms with van der Waals surface area (Å²) in [6.45, 7) is 4.69. The van der Waals surface area contributed by atoms with Gasteiger partial charge in [0.1, 0.15) is 0 Å². The molecule has 0 atom stereocenters. The third-order valence-electron chi connectivity index (χ3n) is 2.14. The van der Waals surface area contributed by atoms with Gasteiger partial charge < -0.3 is 5.73 Å². The van der Waals surface area contributed by atoms with Crippen LogP contribution in [0.4, 0.5) is 0 Å². The highest BCUT2D eigenvalue weighted by atomic mass is 79.9. The van der Waals surface area contributed by atoms with Crippen molar-refractivity contribution in [3.63, 3.8) is 0 Å². The summed E-state index contributed by atoms with van der Waals surface area (Å²) >= 11 is 3.55. The molecule has 0 aliphatic heterocycles. The number of rotatable bonds is 3. The van der Waals surface area contributed by atoms with E-state index in [2.05, 4.69) is 34.0 Å². The maximum atomic E-state index is 5.55. The summed E-state index contributed by atoms with van der Waals surface area (Å²) in [5, 5.41) is 4.40. The van der Waals surface area contributed by atoms with Gasteiger partial charge in [-0.2, -0.15) is 5.10 Å². The van der Waals surface area contributed by atoms with Crippen molar-refractivity contribution in [2.45, 2.75) is 20.3 Å². The molecule has 1 heterocycles. The molecule has 0 saturated heterocycles. The molecule has 4 heteroatoms. The minimum atomic E-state index is 0.582. The van der Waals surface area contributed by atoms with Gasteiger partial charge in [-0.05, 0) is 35.4 Å². The minimum Gasteiger partial charge on any atom is -0.327 e. The Labute approximate surface area is 93.1 Å². The summed E-state index contributed by atoms with van der Waals surface area (Å²) < 4.78 is 2.96. The number of hydrogen-bond acceptors (Lipinski definition) is 2. The first-order valence-electron chi connectivity index (χ1n) is 4.68. The van der Waals surface area contributed by atoms with E-state index < -0.39 is 0 Å². The second-order valence-electron chi connectivity index (χ2n) is 3.32. The average Bonchev–Trinajstić information content (AvgIpc) is 2.44. The second kappa shape index (κ2) is 4.75. The lowest BCUT2D eigenvalue weighted by Crippen LogP contribution is -2.01. The van der Waals surface area contributed by atoms with Gasteiger partial charge in [-0.25, -0.2) is 0 Å². The maximum absolute atomic E-state index is 5.55. The van der Waals surface area contributed by atoms with Crippen LogP contribution in [-0.4, -0.2) is 16.3 Å². The van der Waals surface area contributed by atoms with E-state index in [1.54, 1.807) is 0 Å². The Kier molecular flexibility index (Phi) is 3.89. The van der Waals surface area contributed by atoms with Gasteiger partial charge in [0, 0.05) is 13.6 Å². The van der Waals surface area contributed by atoms with Gasteiger partial charge in [0.2, 0.25) is 0 Å². The molecular formula is C10H16BrN3. The molecule has 1 aromatic heterocycles. The second-order valence-corrected chi connectivity index (χ2v) is 4.11. The van der Waals surface area contributed by atoms with Crippen LogP contribution in [0, 0.1) is 0 Å². The molecule has 0 fully saturated rings. The molecule has 0 unspecified atom stereocenters. The van der Waals surface area contributed by atoms with Crippen LogP contribution in [-0.2, 0) is 13.5 Å². The highest BCUT2D eigenvalue weighted by Gasteiger charge is 2.09. The first-order valence-corrected chi connectivity index (χ1v) is 5.48. The molecule has 0 saturated carbocycles. The Balaban J connectivity index is 3.14. The van der Waals surface area contributed by atoms with Crippen molar-refractivity contribution in [3.05, 3.63) is 21.4 Å². The third kappa shape index (κ3) is 2.25. The lowest BCUT2D eigenvalue weighted by molar-refractivity contribution is 0.739. The molecule has 0 radical (unpaired) electrons. The number of halogens is 1. The van der Waals surface area contributed by atoms with Crippen molar-refractivity contribution in [2.75, 3.05) is 6.54 Å². The molecule has 0 aliphatic rings. The molecule has 0 aromatic carbocycles. The SMILES string of the molecule is CCc1nn(C)c(/C=C(/C)CN)c1Br. The quantitative estimate of drug-likeness (QED) is 0.902. The van der Waals surface area contributed by atoms with Crippen LogP contribution in [0.15, 0.2) is 10.0 Å². The van der Waals surface area contributed by atoms with E-state index in [0.717, 1.165) is 27.9 Å². The molecular weight excluding hydrogens is 242 g/mol. The van der Waals surface area contributed by atoms with E-state index in [1.165, 1.54) is 0 Å². The molecule has 0 bridgehead atoms. The summed E-state index contributed by atoms with van der Waals surface area (Å²) in [5.41, 5.74) is 8.87. The molecule has 1 aromatic rings. The lowest BCUT2D eigenvalue weighted by Gasteiger charge is -1.98. The molecule has 2 N–H and O–H groups in total. The normalized spacial score (nSPS) is 12.2. The van der Waals surface area contributed by atoms with Crippen molar-refractivity contribution in [1.29, 1.82) is 0 Å². The van der Waals surface area contributed by atoms with E-state index in [9.17, 15) is 0 Å². The molecule has 0 aliphatic carbocycles. The predicted molar refractivity (Wildman–Crippen MR) is 63.0 cm³/mol. The molecule has 78 valence electrons. The first-order chi connectivity index (χ1) is 6.60. The van der Waals surface area contributed by atoms with E-state index in [-0.39, 0.29) is 0 Å². The van der Waals surface area contributed by atoms with Crippen molar-refractivity contribution in [3.8, 4) is 0 Å². The Hall–Kier alpha value is -0.610. The monoisotopic (exact) mass is 257 g/mol. The molecule has 0 amide bonds. The van der Waals surface area contributed by atoms with Gasteiger partial charge in [-0.3, -0.25) is 4.68 Å². The summed E-state index contributed by atoms with van der Waals surface area (Å²) in [6.07, 6.45) is 3.00. The Morgan fingerprint density at radius 3 is 2.71 bits per heavy atom. The topological polar surface area (TPSA) is 43.8 Å². The van der Waals surface area contributed by atoms with Crippen molar-refractivity contribution in [1.82, 2.24) is 9.78 Å². The van der Waals surface area contributed by atoms with Crippen LogP contribution in [0.25, 0.3) is 6.08 Å². The van der Waals surface area contributed by atoms with Crippen LogP contribution in [0.2, 0.25) is 0 Å². The first kappa shape index (κ1) is 11.5. The van der Waals surface area contributed by atoms with Crippen molar-refractivity contribution >= 4 is 22.0 Å². The lowest BCUT2D eigenvalue weighted by atomic mass is 10.2. The third-order valence-corrected chi connectivity index (χ3v) is 3.00. The Morgan fingerprint density at radius 2 is 2.29 bits per heavy atom.